The van der Waals surface area contributed by atoms with Crippen molar-refractivity contribution in [1.82, 2.24) is 4.90 Å². The van der Waals surface area contributed by atoms with Gasteiger partial charge in [0.1, 0.15) is 23.9 Å². The summed E-state index contributed by atoms with van der Waals surface area (Å²) < 4.78 is 16.1. The number of amides is 2. The summed E-state index contributed by atoms with van der Waals surface area (Å²) in [5.41, 5.74) is 0.525. The average molecular weight is 385 g/mol. The van der Waals surface area contributed by atoms with Crippen molar-refractivity contribution in [2.75, 3.05) is 11.9 Å². The smallest absolute Gasteiger partial charge is 0.323 e. The molecule has 0 unspecified atom stereocenters. The lowest BCUT2D eigenvalue weighted by Crippen LogP contribution is -2.34. The molecule has 0 saturated heterocycles. The average Bonchev–Trinajstić information content (AvgIpc) is 3.34. The number of benzene rings is 1. The minimum atomic E-state index is -0.357. The number of carbonyl (C=O) groups excluding carboxylic acids is 1. The summed E-state index contributed by atoms with van der Waals surface area (Å²) in [7, 11) is 0. The van der Waals surface area contributed by atoms with Crippen LogP contribution in [-0.4, -0.2) is 17.5 Å². The Morgan fingerprint density at radius 1 is 1.19 bits per heavy atom. The molecule has 0 bridgehead atoms. The van der Waals surface area contributed by atoms with E-state index in [2.05, 4.69) is 11.2 Å². The van der Waals surface area contributed by atoms with Crippen molar-refractivity contribution in [3.05, 3.63) is 71.5 Å². The quantitative estimate of drug-likeness (QED) is 0.595. The highest BCUT2D eigenvalue weighted by Gasteiger charge is 2.15. The number of carbonyl (C=O) groups is 1. The van der Waals surface area contributed by atoms with Gasteiger partial charge in [-0.3, -0.25) is 0 Å². The number of anilines is 1. The number of furan rings is 2. The minimum absolute atomic E-state index is 0.143. The molecule has 0 aliphatic heterocycles. The Balaban J connectivity index is 1.62. The molecule has 0 aliphatic carbocycles. The van der Waals surface area contributed by atoms with Gasteiger partial charge in [0, 0.05) is 5.69 Å². The number of terminal acetylenes is 1. The van der Waals surface area contributed by atoms with Crippen molar-refractivity contribution in [3.63, 3.8) is 0 Å². The molecule has 6 nitrogen and oxygen atoms in total. The van der Waals surface area contributed by atoms with E-state index in [1.165, 1.54) is 4.90 Å². The number of hydrogen-bond donors (Lipinski definition) is 1. The van der Waals surface area contributed by atoms with E-state index in [-0.39, 0.29) is 25.7 Å². The largest absolute Gasteiger partial charge is 0.484 e. The van der Waals surface area contributed by atoms with Crippen LogP contribution in [0.2, 0.25) is 5.02 Å². The third-order valence-electron chi connectivity index (χ3n) is 3.63. The molecule has 138 valence electrons. The topological polar surface area (TPSA) is 67.9 Å². The van der Waals surface area contributed by atoms with Crippen LogP contribution in [0.5, 0.6) is 5.75 Å². The maximum Gasteiger partial charge on any atom is 0.323 e. The van der Waals surface area contributed by atoms with Gasteiger partial charge in [-0.1, -0.05) is 17.5 Å². The normalized spacial score (nSPS) is 10.2. The van der Waals surface area contributed by atoms with Crippen LogP contribution in [0.15, 0.2) is 63.8 Å². The summed E-state index contributed by atoms with van der Waals surface area (Å²) in [6, 6.07) is 11.7. The Labute approximate surface area is 161 Å². The van der Waals surface area contributed by atoms with Crippen LogP contribution >= 0.6 is 11.6 Å². The lowest BCUT2D eigenvalue weighted by atomic mass is 10.3. The van der Waals surface area contributed by atoms with E-state index in [1.54, 1.807) is 48.9 Å². The highest BCUT2D eigenvalue weighted by molar-refractivity contribution is 6.32. The van der Waals surface area contributed by atoms with Crippen LogP contribution in [-0.2, 0) is 13.2 Å². The third-order valence-corrected chi connectivity index (χ3v) is 3.92. The fourth-order valence-corrected chi connectivity index (χ4v) is 2.58. The van der Waals surface area contributed by atoms with Gasteiger partial charge in [0.05, 0.1) is 30.6 Å². The molecule has 0 atom stereocenters. The number of hydrogen-bond acceptors (Lipinski definition) is 4. The molecule has 2 heterocycles. The predicted molar refractivity (Wildman–Crippen MR) is 101 cm³/mol. The molecule has 0 spiro atoms. The van der Waals surface area contributed by atoms with Gasteiger partial charge in [-0.15, -0.1) is 6.42 Å². The summed E-state index contributed by atoms with van der Waals surface area (Å²) in [6.45, 7) is 0.670. The molecular weight excluding hydrogens is 368 g/mol. The van der Waals surface area contributed by atoms with Crippen LogP contribution in [0.1, 0.15) is 11.5 Å². The van der Waals surface area contributed by atoms with Crippen molar-refractivity contribution in [1.29, 1.82) is 0 Å². The van der Waals surface area contributed by atoms with Gasteiger partial charge in [-0.05, 0) is 42.5 Å². The summed E-state index contributed by atoms with van der Waals surface area (Å²) in [4.78, 5) is 13.9. The zero-order chi connectivity index (χ0) is 19.1. The maximum absolute atomic E-state index is 12.5. The molecular formula is C20H17ClN2O4. The first-order valence-electron chi connectivity index (χ1n) is 8.12. The first kappa shape index (κ1) is 18.5. The Bertz CT molecular complexity index is 914. The maximum atomic E-state index is 12.5. The van der Waals surface area contributed by atoms with Crippen LogP contribution in [0.4, 0.5) is 10.5 Å². The molecule has 0 aliphatic rings. The van der Waals surface area contributed by atoms with Gasteiger partial charge in [-0.25, -0.2) is 4.79 Å². The number of nitrogens with zero attached hydrogens (tertiary/aromatic N) is 1. The fraction of sp³-hybridized carbons (Fsp3) is 0.150. The van der Waals surface area contributed by atoms with Crippen LogP contribution in [0.3, 0.4) is 0 Å². The number of ether oxygens (including phenoxy) is 1. The van der Waals surface area contributed by atoms with Crippen molar-refractivity contribution in [2.24, 2.45) is 0 Å². The van der Waals surface area contributed by atoms with Gasteiger partial charge < -0.3 is 23.8 Å². The second-order valence-electron chi connectivity index (χ2n) is 5.58. The van der Waals surface area contributed by atoms with Crippen molar-refractivity contribution in [2.45, 2.75) is 13.2 Å². The van der Waals surface area contributed by atoms with E-state index in [9.17, 15) is 4.79 Å². The molecule has 2 aromatic heterocycles. The van der Waals surface area contributed by atoms with Gasteiger partial charge in [0.15, 0.2) is 0 Å². The molecule has 3 rings (SSSR count). The standard InChI is InChI=1S/C20H17ClN2O4/c1-2-9-23(13-16-5-3-10-25-16)20(24)22-15-7-8-19(18(21)12-15)27-14-17-6-4-11-26-17/h1,3-8,10-12H,9,13-14H2,(H,22,24). The summed E-state index contributed by atoms with van der Waals surface area (Å²) >= 11 is 6.24. The first-order chi connectivity index (χ1) is 13.2. The number of urea groups is 1. The molecule has 1 N–H and O–H groups in total. The molecule has 1 aromatic carbocycles. The van der Waals surface area contributed by atoms with E-state index < -0.39 is 0 Å². The second-order valence-corrected chi connectivity index (χ2v) is 5.99. The van der Waals surface area contributed by atoms with E-state index in [0.29, 0.717) is 28.0 Å². The lowest BCUT2D eigenvalue weighted by Gasteiger charge is -2.20. The molecule has 3 aromatic rings. The van der Waals surface area contributed by atoms with E-state index in [0.717, 1.165) is 0 Å². The van der Waals surface area contributed by atoms with Crippen molar-refractivity contribution < 1.29 is 18.4 Å². The highest BCUT2D eigenvalue weighted by atomic mass is 35.5. The van der Waals surface area contributed by atoms with Gasteiger partial charge >= 0.3 is 6.03 Å². The molecule has 27 heavy (non-hydrogen) atoms. The Morgan fingerprint density at radius 3 is 2.56 bits per heavy atom. The lowest BCUT2D eigenvalue weighted by molar-refractivity contribution is 0.211. The summed E-state index contributed by atoms with van der Waals surface area (Å²) in [5.74, 6) is 4.28. The fourth-order valence-electron chi connectivity index (χ4n) is 2.34. The van der Waals surface area contributed by atoms with Crippen LogP contribution in [0, 0.1) is 12.3 Å². The third kappa shape index (κ3) is 5.09. The first-order valence-corrected chi connectivity index (χ1v) is 8.50. The van der Waals surface area contributed by atoms with Crippen molar-refractivity contribution in [3.8, 4) is 18.1 Å². The van der Waals surface area contributed by atoms with Gasteiger partial charge in [-0.2, -0.15) is 0 Å². The summed E-state index contributed by atoms with van der Waals surface area (Å²) in [6.07, 6.45) is 8.48. The van der Waals surface area contributed by atoms with Gasteiger partial charge in [0.25, 0.3) is 0 Å². The molecule has 7 heteroatoms. The molecule has 0 radical (unpaired) electrons. The molecule has 0 saturated carbocycles. The Hall–Kier alpha value is -3.30. The van der Waals surface area contributed by atoms with E-state index in [1.807, 2.05) is 6.07 Å². The minimum Gasteiger partial charge on any atom is -0.484 e. The highest BCUT2D eigenvalue weighted by Crippen LogP contribution is 2.28. The zero-order valence-electron chi connectivity index (χ0n) is 14.4. The monoisotopic (exact) mass is 384 g/mol. The Kier molecular flexibility index (Phi) is 6.08. The van der Waals surface area contributed by atoms with Crippen molar-refractivity contribution >= 4 is 23.3 Å². The summed E-state index contributed by atoms with van der Waals surface area (Å²) in [5, 5.41) is 3.14. The van der Waals surface area contributed by atoms with Crippen LogP contribution < -0.4 is 10.1 Å². The second kappa shape index (κ2) is 8.88. The predicted octanol–water partition coefficient (Wildman–Crippen LogP) is 4.77. The van der Waals surface area contributed by atoms with E-state index >= 15 is 0 Å². The Morgan fingerprint density at radius 2 is 1.93 bits per heavy atom. The van der Waals surface area contributed by atoms with Crippen LogP contribution in [0.25, 0.3) is 0 Å². The number of halogens is 1. The molecule has 0 fully saturated rings. The number of rotatable bonds is 7. The number of nitrogens with one attached hydrogen (secondary N) is 1. The SMILES string of the molecule is C#CCN(Cc1ccco1)C(=O)Nc1ccc(OCc2ccco2)c(Cl)c1. The van der Waals surface area contributed by atoms with Gasteiger partial charge in [0.2, 0.25) is 0 Å². The molecule has 2 amide bonds. The van der Waals surface area contributed by atoms with E-state index in [4.69, 9.17) is 31.6 Å². The zero-order valence-corrected chi connectivity index (χ0v) is 15.1.